The largest absolute Gasteiger partial charge is 0.488 e. The van der Waals surface area contributed by atoms with Crippen LogP contribution in [0, 0.1) is 0 Å². The fourth-order valence-electron chi connectivity index (χ4n) is 2.26. The Morgan fingerprint density at radius 2 is 1.90 bits per heavy atom. The van der Waals surface area contributed by atoms with Crippen molar-refractivity contribution in [2.24, 2.45) is 0 Å². The highest BCUT2D eigenvalue weighted by atomic mass is 79.9. The van der Waals surface area contributed by atoms with E-state index in [4.69, 9.17) is 16.3 Å². The molecule has 1 unspecified atom stereocenters. The third kappa shape index (κ3) is 3.13. The molecule has 0 saturated heterocycles. The molecule has 0 radical (unpaired) electrons. The van der Waals surface area contributed by atoms with E-state index in [1.807, 2.05) is 30.3 Å². The highest BCUT2D eigenvalue weighted by molar-refractivity contribution is 9.10. The molecular formula is C15H12Br2ClNO. The minimum Gasteiger partial charge on any atom is -0.488 e. The lowest BCUT2D eigenvalue weighted by Crippen LogP contribution is -2.24. The van der Waals surface area contributed by atoms with Crippen molar-refractivity contribution >= 4 is 49.1 Å². The van der Waals surface area contributed by atoms with Crippen LogP contribution in [0.15, 0.2) is 45.3 Å². The number of anilines is 1. The van der Waals surface area contributed by atoms with Crippen LogP contribution in [-0.4, -0.2) is 12.6 Å². The summed E-state index contributed by atoms with van der Waals surface area (Å²) in [7, 11) is 0. The normalized spacial score (nSPS) is 16.6. The van der Waals surface area contributed by atoms with Crippen molar-refractivity contribution in [2.75, 3.05) is 11.9 Å². The first-order valence-corrected chi connectivity index (χ1v) is 8.22. The number of halogens is 3. The highest BCUT2D eigenvalue weighted by Gasteiger charge is 2.22. The molecule has 20 heavy (non-hydrogen) atoms. The van der Waals surface area contributed by atoms with E-state index in [-0.39, 0.29) is 6.10 Å². The van der Waals surface area contributed by atoms with Gasteiger partial charge in [-0.05, 0) is 42.0 Å². The maximum Gasteiger partial charge on any atom is 0.123 e. The Bertz CT molecular complexity index is 648. The second kappa shape index (κ2) is 5.96. The Hall–Kier alpha value is -0.710. The van der Waals surface area contributed by atoms with E-state index < -0.39 is 0 Å². The minimum absolute atomic E-state index is 0.138. The van der Waals surface area contributed by atoms with Gasteiger partial charge in [0.15, 0.2) is 0 Å². The van der Waals surface area contributed by atoms with Gasteiger partial charge in [-0.15, -0.1) is 0 Å². The molecule has 2 aromatic carbocycles. The monoisotopic (exact) mass is 415 g/mol. The smallest absolute Gasteiger partial charge is 0.123 e. The van der Waals surface area contributed by atoms with Crippen molar-refractivity contribution in [3.63, 3.8) is 0 Å². The molecule has 1 aliphatic heterocycles. The van der Waals surface area contributed by atoms with Gasteiger partial charge >= 0.3 is 0 Å². The van der Waals surface area contributed by atoms with E-state index in [2.05, 4.69) is 43.2 Å². The van der Waals surface area contributed by atoms with Crippen LogP contribution in [0.1, 0.15) is 5.56 Å². The highest BCUT2D eigenvalue weighted by Crippen LogP contribution is 2.32. The summed E-state index contributed by atoms with van der Waals surface area (Å²) in [6.45, 7) is 0.730. The summed E-state index contributed by atoms with van der Waals surface area (Å²) in [5.41, 5.74) is 2.17. The lowest BCUT2D eigenvalue weighted by molar-refractivity contribution is 0.246. The van der Waals surface area contributed by atoms with Crippen molar-refractivity contribution in [1.29, 1.82) is 0 Å². The number of benzene rings is 2. The fraction of sp³-hybridized carbons (Fsp3) is 0.200. The van der Waals surface area contributed by atoms with E-state index in [0.29, 0.717) is 5.02 Å². The molecule has 0 saturated carbocycles. The number of ether oxygens (including phenoxy) is 1. The maximum absolute atomic E-state index is 6.19. The van der Waals surface area contributed by atoms with Crippen molar-refractivity contribution in [3.05, 3.63) is 55.9 Å². The minimum atomic E-state index is 0.138. The average molecular weight is 418 g/mol. The molecule has 5 heteroatoms. The summed E-state index contributed by atoms with van der Waals surface area (Å²) in [5.74, 6) is 0.974. The Kier molecular flexibility index (Phi) is 4.24. The number of fused-ring (bicyclic) bond motifs is 1. The van der Waals surface area contributed by atoms with Crippen LogP contribution >= 0.6 is 43.5 Å². The molecule has 2 nitrogen and oxygen atoms in total. The molecule has 0 spiro atoms. The third-order valence-corrected chi connectivity index (χ3v) is 4.51. The van der Waals surface area contributed by atoms with E-state index in [1.165, 1.54) is 5.56 Å². The van der Waals surface area contributed by atoms with Gasteiger partial charge in [0.2, 0.25) is 0 Å². The second-order valence-electron chi connectivity index (χ2n) is 4.70. The van der Waals surface area contributed by atoms with E-state index in [0.717, 1.165) is 33.3 Å². The van der Waals surface area contributed by atoms with Gasteiger partial charge in [-0.1, -0.05) is 43.5 Å². The van der Waals surface area contributed by atoms with Crippen molar-refractivity contribution < 1.29 is 4.74 Å². The van der Waals surface area contributed by atoms with Gasteiger partial charge in [0, 0.05) is 15.4 Å². The Labute approximate surface area is 139 Å². The molecular weight excluding hydrogens is 405 g/mol. The van der Waals surface area contributed by atoms with Crippen LogP contribution in [0.3, 0.4) is 0 Å². The zero-order chi connectivity index (χ0) is 14.1. The summed E-state index contributed by atoms with van der Waals surface area (Å²) >= 11 is 13.1. The summed E-state index contributed by atoms with van der Waals surface area (Å²) < 4.78 is 7.97. The van der Waals surface area contributed by atoms with Crippen LogP contribution in [0.2, 0.25) is 5.02 Å². The zero-order valence-corrected chi connectivity index (χ0v) is 14.4. The van der Waals surface area contributed by atoms with Crippen LogP contribution < -0.4 is 10.1 Å². The van der Waals surface area contributed by atoms with Crippen molar-refractivity contribution in [2.45, 2.75) is 12.5 Å². The van der Waals surface area contributed by atoms with Crippen LogP contribution in [-0.2, 0) is 6.42 Å². The molecule has 1 heterocycles. The topological polar surface area (TPSA) is 21.3 Å². The van der Waals surface area contributed by atoms with E-state index >= 15 is 0 Å². The zero-order valence-electron chi connectivity index (χ0n) is 10.5. The Morgan fingerprint density at radius 1 is 1.15 bits per heavy atom. The molecule has 0 aromatic heterocycles. The predicted octanol–water partition coefficient (Wildman–Crippen LogP) is 5.28. The Balaban J connectivity index is 1.63. The second-order valence-corrected chi connectivity index (χ2v) is 6.94. The molecule has 2 aromatic rings. The summed E-state index contributed by atoms with van der Waals surface area (Å²) in [6.07, 6.45) is 1.05. The molecule has 104 valence electrons. The van der Waals surface area contributed by atoms with Gasteiger partial charge in [0.1, 0.15) is 11.9 Å². The molecule has 1 aliphatic rings. The number of hydrogen-bond acceptors (Lipinski definition) is 2. The molecule has 0 fully saturated rings. The quantitative estimate of drug-likeness (QED) is 0.734. The molecule has 1 N–H and O–H groups in total. The van der Waals surface area contributed by atoms with Gasteiger partial charge in [0.25, 0.3) is 0 Å². The van der Waals surface area contributed by atoms with E-state index in [9.17, 15) is 0 Å². The Morgan fingerprint density at radius 3 is 2.70 bits per heavy atom. The number of hydrogen-bond donors (Lipinski definition) is 1. The first-order valence-electron chi connectivity index (χ1n) is 6.26. The predicted molar refractivity (Wildman–Crippen MR) is 89.9 cm³/mol. The van der Waals surface area contributed by atoms with Crippen LogP contribution in [0.25, 0.3) is 0 Å². The molecule has 0 aliphatic carbocycles. The lowest BCUT2D eigenvalue weighted by Gasteiger charge is -2.14. The third-order valence-electron chi connectivity index (χ3n) is 3.22. The van der Waals surface area contributed by atoms with Gasteiger partial charge < -0.3 is 10.1 Å². The fourth-order valence-corrected chi connectivity index (χ4v) is 3.41. The molecule has 1 atom stereocenters. The lowest BCUT2D eigenvalue weighted by atomic mass is 10.1. The van der Waals surface area contributed by atoms with Crippen molar-refractivity contribution in [3.8, 4) is 5.75 Å². The van der Waals surface area contributed by atoms with Crippen LogP contribution in [0.4, 0.5) is 5.69 Å². The van der Waals surface area contributed by atoms with Gasteiger partial charge in [-0.2, -0.15) is 0 Å². The summed E-state index contributed by atoms with van der Waals surface area (Å²) in [5, 5.41) is 4.05. The molecule has 0 amide bonds. The summed E-state index contributed by atoms with van der Waals surface area (Å²) in [4.78, 5) is 0. The molecule has 0 bridgehead atoms. The number of rotatable bonds is 3. The maximum atomic E-state index is 6.19. The van der Waals surface area contributed by atoms with E-state index in [1.54, 1.807) is 0 Å². The first-order chi connectivity index (χ1) is 9.61. The van der Waals surface area contributed by atoms with Crippen molar-refractivity contribution in [1.82, 2.24) is 0 Å². The number of nitrogens with one attached hydrogen (secondary N) is 1. The first kappa shape index (κ1) is 14.2. The van der Waals surface area contributed by atoms with Crippen LogP contribution in [0.5, 0.6) is 5.75 Å². The molecule has 3 rings (SSSR count). The van der Waals surface area contributed by atoms with Gasteiger partial charge in [0.05, 0.1) is 17.3 Å². The van der Waals surface area contributed by atoms with Gasteiger partial charge in [-0.3, -0.25) is 0 Å². The summed E-state index contributed by atoms with van der Waals surface area (Å²) in [6, 6.07) is 11.9. The average Bonchev–Trinajstić information content (AvgIpc) is 2.79. The SMILES string of the molecule is Clc1cc(Br)ccc1NCC1Cc2cc(Br)ccc2O1. The van der Waals surface area contributed by atoms with Gasteiger partial charge in [-0.25, -0.2) is 0 Å². The standard InChI is InChI=1S/C15H12Br2ClNO/c16-10-2-4-15-9(5-10)6-12(20-15)8-19-14-3-1-11(17)7-13(14)18/h1-5,7,12,19H,6,8H2.